The molecule has 0 aliphatic rings. The lowest BCUT2D eigenvalue weighted by molar-refractivity contribution is 0.0477. The number of carboxylic acid groups (broad SMARTS) is 1. The van der Waals surface area contributed by atoms with E-state index in [4.69, 9.17) is 9.84 Å². The van der Waals surface area contributed by atoms with Crippen molar-refractivity contribution in [1.82, 2.24) is 4.98 Å². The van der Waals surface area contributed by atoms with Gasteiger partial charge in [-0.1, -0.05) is 0 Å². The number of halogens is 1. The Morgan fingerprint density at radius 3 is 3.00 bits per heavy atom. The molecule has 1 aromatic rings. The lowest BCUT2D eigenvalue weighted by atomic mass is 10.3. The summed E-state index contributed by atoms with van der Waals surface area (Å²) >= 11 is 3.16. The van der Waals surface area contributed by atoms with E-state index in [1.807, 2.05) is 0 Å². The van der Waals surface area contributed by atoms with Crippen molar-refractivity contribution in [2.75, 3.05) is 13.9 Å². The number of carboxylic acids is 1. The molecule has 1 rings (SSSR count). The fourth-order valence-corrected chi connectivity index (χ4v) is 1.12. The second-order valence-corrected chi connectivity index (χ2v) is 3.27. The van der Waals surface area contributed by atoms with E-state index in [2.05, 4.69) is 25.7 Å². The van der Waals surface area contributed by atoms with Crippen molar-refractivity contribution in [2.24, 2.45) is 0 Å². The molecule has 6 heteroatoms. The van der Waals surface area contributed by atoms with Crippen molar-refractivity contribution in [3.05, 3.63) is 22.4 Å². The molecule has 0 bridgehead atoms. The molecule has 76 valence electrons. The molecule has 5 nitrogen and oxygen atoms in total. The highest BCUT2D eigenvalue weighted by Gasteiger charge is 2.13. The minimum absolute atomic E-state index is 0.0155. The lowest BCUT2D eigenvalue weighted by Gasteiger charge is -2.06. The first-order valence-corrected chi connectivity index (χ1v) is 4.45. The molecule has 0 atom stereocenters. The SMILES string of the molecule is COCOc1cc(Br)cnc1C(=O)O. The smallest absolute Gasteiger partial charge is 0.358 e. The first kappa shape index (κ1) is 10.9. The molecule has 1 heterocycles. The van der Waals surface area contributed by atoms with Crippen LogP contribution >= 0.6 is 15.9 Å². The third-order valence-electron chi connectivity index (χ3n) is 1.35. The van der Waals surface area contributed by atoms with Gasteiger partial charge in [0, 0.05) is 17.8 Å². The number of aromatic nitrogens is 1. The van der Waals surface area contributed by atoms with E-state index in [1.54, 1.807) is 0 Å². The average molecular weight is 262 g/mol. The van der Waals surface area contributed by atoms with Gasteiger partial charge in [-0.2, -0.15) is 0 Å². The molecule has 0 aliphatic heterocycles. The Labute approximate surface area is 88.8 Å². The molecular weight excluding hydrogens is 254 g/mol. The van der Waals surface area contributed by atoms with Crippen LogP contribution in [0.4, 0.5) is 0 Å². The Morgan fingerprint density at radius 1 is 1.71 bits per heavy atom. The predicted octanol–water partition coefficient (Wildman–Crippen LogP) is 1.52. The normalized spacial score (nSPS) is 9.86. The minimum atomic E-state index is -1.14. The standard InChI is InChI=1S/C8H8BrNO4/c1-13-4-14-6-2-5(9)3-10-7(6)8(11)12/h2-3H,4H2,1H3,(H,11,12). The summed E-state index contributed by atoms with van der Waals surface area (Å²) in [6.07, 6.45) is 1.39. The van der Waals surface area contributed by atoms with Gasteiger partial charge in [-0.15, -0.1) is 0 Å². The number of aromatic carboxylic acids is 1. The third kappa shape index (κ3) is 2.68. The highest BCUT2D eigenvalue weighted by atomic mass is 79.9. The van der Waals surface area contributed by atoms with E-state index < -0.39 is 5.97 Å². The van der Waals surface area contributed by atoms with Crippen molar-refractivity contribution in [3.8, 4) is 5.75 Å². The molecule has 1 N–H and O–H groups in total. The molecule has 0 fully saturated rings. The van der Waals surface area contributed by atoms with Gasteiger partial charge in [0.2, 0.25) is 0 Å². The van der Waals surface area contributed by atoms with Crippen molar-refractivity contribution >= 4 is 21.9 Å². The molecule has 0 radical (unpaired) electrons. The number of hydrogen-bond donors (Lipinski definition) is 1. The molecule has 0 amide bonds. The molecular formula is C8H8BrNO4. The molecule has 0 aliphatic carbocycles. The zero-order chi connectivity index (χ0) is 10.6. The molecule has 0 saturated carbocycles. The Morgan fingerprint density at radius 2 is 2.43 bits per heavy atom. The zero-order valence-electron chi connectivity index (χ0n) is 7.36. The van der Waals surface area contributed by atoms with Crippen LogP contribution in [0.1, 0.15) is 10.5 Å². The topological polar surface area (TPSA) is 68.7 Å². The summed E-state index contributed by atoms with van der Waals surface area (Å²) < 4.78 is 10.3. The van der Waals surface area contributed by atoms with Crippen LogP contribution in [0.3, 0.4) is 0 Å². The van der Waals surface area contributed by atoms with Gasteiger partial charge in [0.05, 0.1) is 0 Å². The van der Waals surface area contributed by atoms with Crippen LogP contribution in [0.5, 0.6) is 5.75 Å². The van der Waals surface area contributed by atoms with Crippen LogP contribution in [0, 0.1) is 0 Å². The average Bonchev–Trinajstić information content (AvgIpc) is 2.14. The molecule has 0 unspecified atom stereocenters. The molecule has 0 spiro atoms. The van der Waals surface area contributed by atoms with E-state index in [9.17, 15) is 4.79 Å². The number of pyridine rings is 1. The van der Waals surface area contributed by atoms with Crippen molar-refractivity contribution in [2.45, 2.75) is 0 Å². The van der Waals surface area contributed by atoms with Gasteiger partial charge in [0.25, 0.3) is 0 Å². The highest BCUT2D eigenvalue weighted by Crippen LogP contribution is 2.21. The van der Waals surface area contributed by atoms with Crippen LogP contribution < -0.4 is 4.74 Å². The Kier molecular flexibility index (Phi) is 3.84. The maximum atomic E-state index is 10.7. The number of ether oxygens (including phenoxy) is 2. The summed E-state index contributed by atoms with van der Waals surface area (Å²) in [5.41, 5.74) is -0.134. The minimum Gasteiger partial charge on any atom is -0.476 e. The quantitative estimate of drug-likeness (QED) is 0.833. The molecule has 0 saturated heterocycles. The maximum absolute atomic E-state index is 10.7. The monoisotopic (exact) mass is 261 g/mol. The first-order valence-electron chi connectivity index (χ1n) is 3.65. The van der Waals surface area contributed by atoms with Gasteiger partial charge in [-0.05, 0) is 22.0 Å². The molecule has 1 aromatic heterocycles. The van der Waals surface area contributed by atoms with Gasteiger partial charge in [0.15, 0.2) is 18.2 Å². The predicted molar refractivity (Wildman–Crippen MR) is 51.4 cm³/mol. The molecule has 0 aromatic carbocycles. The van der Waals surface area contributed by atoms with E-state index >= 15 is 0 Å². The van der Waals surface area contributed by atoms with Crippen molar-refractivity contribution in [3.63, 3.8) is 0 Å². The highest BCUT2D eigenvalue weighted by molar-refractivity contribution is 9.10. The third-order valence-corrected chi connectivity index (χ3v) is 1.79. The first-order chi connectivity index (χ1) is 6.65. The van der Waals surface area contributed by atoms with Crippen LogP contribution in [-0.2, 0) is 4.74 Å². The van der Waals surface area contributed by atoms with E-state index in [1.165, 1.54) is 19.4 Å². The fraction of sp³-hybridized carbons (Fsp3) is 0.250. The Bertz CT molecular complexity index is 342. The number of nitrogens with zero attached hydrogens (tertiary/aromatic N) is 1. The van der Waals surface area contributed by atoms with Crippen molar-refractivity contribution < 1.29 is 19.4 Å². The van der Waals surface area contributed by atoms with Crippen molar-refractivity contribution in [1.29, 1.82) is 0 Å². The number of rotatable bonds is 4. The van der Waals surface area contributed by atoms with E-state index in [-0.39, 0.29) is 18.2 Å². The van der Waals surface area contributed by atoms with Crippen LogP contribution in [0.2, 0.25) is 0 Å². The largest absolute Gasteiger partial charge is 0.476 e. The zero-order valence-corrected chi connectivity index (χ0v) is 8.94. The Hall–Kier alpha value is -1.14. The summed E-state index contributed by atoms with van der Waals surface area (Å²) in [6, 6.07) is 1.52. The summed E-state index contributed by atoms with van der Waals surface area (Å²) in [7, 11) is 1.45. The second-order valence-electron chi connectivity index (χ2n) is 2.36. The van der Waals surface area contributed by atoms with E-state index in [0.717, 1.165) is 0 Å². The van der Waals surface area contributed by atoms with Crippen LogP contribution in [0.15, 0.2) is 16.7 Å². The summed E-state index contributed by atoms with van der Waals surface area (Å²) in [4.78, 5) is 14.4. The summed E-state index contributed by atoms with van der Waals surface area (Å²) in [5.74, 6) is -0.961. The number of methoxy groups -OCH3 is 1. The number of hydrogen-bond acceptors (Lipinski definition) is 4. The van der Waals surface area contributed by atoms with Gasteiger partial charge < -0.3 is 14.6 Å². The second kappa shape index (κ2) is 4.92. The van der Waals surface area contributed by atoms with Gasteiger partial charge in [0.1, 0.15) is 0 Å². The lowest BCUT2D eigenvalue weighted by Crippen LogP contribution is -2.07. The van der Waals surface area contributed by atoms with Gasteiger partial charge in [-0.3, -0.25) is 0 Å². The fourth-order valence-electron chi connectivity index (χ4n) is 0.814. The molecule has 14 heavy (non-hydrogen) atoms. The summed E-state index contributed by atoms with van der Waals surface area (Å²) in [5, 5.41) is 8.76. The van der Waals surface area contributed by atoms with Gasteiger partial charge >= 0.3 is 5.97 Å². The van der Waals surface area contributed by atoms with Gasteiger partial charge in [-0.25, -0.2) is 9.78 Å². The van der Waals surface area contributed by atoms with Crippen LogP contribution in [0.25, 0.3) is 0 Å². The summed E-state index contributed by atoms with van der Waals surface area (Å²) in [6.45, 7) is -0.0155. The van der Waals surface area contributed by atoms with Crippen LogP contribution in [-0.4, -0.2) is 30.0 Å². The van der Waals surface area contributed by atoms with E-state index in [0.29, 0.717) is 4.47 Å². The number of carbonyl (C=O) groups is 1. The Balaban J connectivity index is 2.97. The maximum Gasteiger partial charge on any atom is 0.358 e.